The van der Waals surface area contributed by atoms with Gasteiger partial charge >= 0.3 is 0 Å². The summed E-state index contributed by atoms with van der Waals surface area (Å²) < 4.78 is 5.40. The number of rotatable bonds is 6. The van der Waals surface area contributed by atoms with Crippen LogP contribution in [0.25, 0.3) is 0 Å². The van der Waals surface area contributed by atoms with Crippen LogP contribution in [-0.2, 0) is 11.2 Å². The number of nitrogens with zero attached hydrogens (tertiary/aromatic N) is 1. The third kappa shape index (κ3) is 4.74. The van der Waals surface area contributed by atoms with E-state index in [2.05, 4.69) is 10.2 Å². The first-order valence-electron chi connectivity index (χ1n) is 8.56. The van der Waals surface area contributed by atoms with E-state index >= 15 is 0 Å². The van der Waals surface area contributed by atoms with Crippen LogP contribution >= 0.6 is 11.6 Å². The predicted molar refractivity (Wildman–Crippen MR) is 102 cm³/mol. The number of hydrogen-bond acceptors (Lipinski definition) is 3. The summed E-state index contributed by atoms with van der Waals surface area (Å²) >= 11 is 5.87. The Labute approximate surface area is 153 Å². The van der Waals surface area contributed by atoms with Crippen molar-refractivity contribution in [3.8, 4) is 0 Å². The van der Waals surface area contributed by atoms with Gasteiger partial charge in [-0.25, -0.2) is 0 Å². The molecule has 0 radical (unpaired) electrons. The first kappa shape index (κ1) is 17.8. The molecule has 0 bridgehead atoms. The van der Waals surface area contributed by atoms with Crippen molar-refractivity contribution in [3.05, 3.63) is 64.7 Å². The van der Waals surface area contributed by atoms with E-state index in [0.717, 1.165) is 42.2 Å². The van der Waals surface area contributed by atoms with Crippen LogP contribution in [-0.4, -0.2) is 38.8 Å². The molecular weight excluding hydrogens is 336 g/mol. The summed E-state index contributed by atoms with van der Waals surface area (Å²) in [7, 11) is 1.76. The van der Waals surface area contributed by atoms with Gasteiger partial charge in [0.15, 0.2) is 0 Å². The van der Waals surface area contributed by atoms with Gasteiger partial charge in [0.25, 0.3) is 5.91 Å². The number of carbonyl (C=O) groups is 1. The number of methoxy groups -OCH3 is 1. The van der Waals surface area contributed by atoms with Gasteiger partial charge in [0.1, 0.15) is 0 Å². The molecule has 132 valence electrons. The number of carbonyl (C=O) groups excluding carboxylic acids is 1. The SMILES string of the molecule is CO[C@H]1CCN(c2ccc(C(=O)NCCc3ccc(Cl)cc3)cc2)C1. The molecule has 1 saturated heterocycles. The normalized spacial score (nSPS) is 16.9. The minimum absolute atomic E-state index is 0.0447. The Balaban J connectivity index is 1.50. The zero-order chi connectivity index (χ0) is 17.6. The number of hydrogen-bond donors (Lipinski definition) is 1. The fraction of sp³-hybridized carbons (Fsp3) is 0.350. The number of halogens is 1. The standard InChI is InChI=1S/C20H23ClN2O2/c1-25-19-11-13-23(14-19)18-8-4-16(5-9-18)20(24)22-12-10-15-2-6-17(21)7-3-15/h2-9,19H,10-14H2,1H3,(H,22,24)/t19-/m0/s1. The molecule has 0 aromatic heterocycles. The second kappa shape index (κ2) is 8.37. The zero-order valence-electron chi connectivity index (χ0n) is 14.4. The van der Waals surface area contributed by atoms with Crippen LogP contribution in [0, 0.1) is 0 Å². The average Bonchev–Trinajstić information content (AvgIpc) is 3.13. The Morgan fingerprint density at radius 2 is 1.92 bits per heavy atom. The van der Waals surface area contributed by atoms with E-state index in [1.807, 2.05) is 48.5 Å². The van der Waals surface area contributed by atoms with Gasteiger partial charge in [0, 0.05) is 43.0 Å². The van der Waals surface area contributed by atoms with Crippen molar-refractivity contribution in [1.29, 1.82) is 0 Å². The molecule has 2 aromatic rings. The lowest BCUT2D eigenvalue weighted by Crippen LogP contribution is -2.26. The first-order chi connectivity index (χ1) is 12.2. The third-order valence-electron chi connectivity index (χ3n) is 4.59. The highest BCUT2D eigenvalue weighted by Gasteiger charge is 2.22. The van der Waals surface area contributed by atoms with Gasteiger partial charge in [-0.05, 0) is 54.8 Å². The number of anilines is 1. The molecular formula is C20H23ClN2O2. The van der Waals surface area contributed by atoms with Crippen LogP contribution < -0.4 is 10.2 Å². The molecule has 3 rings (SSSR count). The van der Waals surface area contributed by atoms with Gasteiger partial charge in [-0.2, -0.15) is 0 Å². The fourth-order valence-electron chi connectivity index (χ4n) is 3.05. The Kier molecular flexibility index (Phi) is 5.95. The maximum Gasteiger partial charge on any atom is 0.251 e. The maximum atomic E-state index is 12.3. The molecule has 0 unspecified atom stereocenters. The van der Waals surface area contributed by atoms with Gasteiger partial charge in [0.2, 0.25) is 0 Å². The molecule has 0 saturated carbocycles. The molecule has 0 aliphatic carbocycles. The second-order valence-electron chi connectivity index (χ2n) is 6.27. The van der Waals surface area contributed by atoms with Crippen molar-refractivity contribution in [2.75, 3.05) is 31.6 Å². The summed E-state index contributed by atoms with van der Waals surface area (Å²) in [6, 6.07) is 15.5. The highest BCUT2D eigenvalue weighted by atomic mass is 35.5. The molecule has 1 heterocycles. The van der Waals surface area contributed by atoms with Crippen molar-refractivity contribution in [2.24, 2.45) is 0 Å². The van der Waals surface area contributed by atoms with Gasteiger partial charge in [0.05, 0.1) is 6.10 Å². The van der Waals surface area contributed by atoms with Crippen molar-refractivity contribution in [3.63, 3.8) is 0 Å². The smallest absolute Gasteiger partial charge is 0.251 e. The summed E-state index contributed by atoms with van der Waals surface area (Å²) in [5, 5.41) is 3.69. The van der Waals surface area contributed by atoms with E-state index in [1.165, 1.54) is 0 Å². The topological polar surface area (TPSA) is 41.6 Å². The van der Waals surface area contributed by atoms with Crippen molar-refractivity contribution < 1.29 is 9.53 Å². The van der Waals surface area contributed by atoms with E-state index in [-0.39, 0.29) is 5.91 Å². The van der Waals surface area contributed by atoms with Crippen molar-refractivity contribution >= 4 is 23.2 Å². The van der Waals surface area contributed by atoms with Gasteiger partial charge in [-0.3, -0.25) is 4.79 Å². The molecule has 1 N–H and O–H groups in total. The third-order valence-corrected chi connectivity index (χ3v) is 4.84. The monoisotopic (exact) mass is 358 g/mol. The van der Waals surface area contributed by atoms with Crippen LogP contribution in [0.4, 0.5) is 5.69 Å². The largest absolute Gasteiger partial charge is 0.380 e. The average molecular weight is 359 g/mol. The highest BCUT2D eigenvalue weighted by molar-refractivity contribution is 6.30. The van der Waals surface area contributed by atoms with E-state index in [9.17, 15) is 4.79 Å². The fourth-order valence-corrected chi connectivity index (χ4v) is 3.18. The lowest BCUT2D eigenvalue weighted by atomic mass is 10.1. The Morgan fingerprint density at radius 3 is 2.56 bits per heavy atom. The Hall–Kier alpha value is -2.04. The van der Waals surface area contributed by atoms with E-state index in [1.54, 1.807) is 7.11 Å². The van der Waals surface area contributed by atoms with Crippen LogP contribution in [0.5, 0.6) is 0 Å². The lowest BCUT2D eigenvalue weighted by molar-refractivity contribution is 0.0954. The van der Waals surface area contributed by atoms with Gasteiger partial charge in [-0.15, -0.1) is 0 Å². The van der Waals surface area contributed by atoms with Crippen molar-refractivity contribution in [1.82, 2.24) is 5.32 Å². The molecule has 4 nitrogen and oxygen atoms in total. The molecule has 25 heavy (non-hydrogen) atoms. The Bertz CT molecular complexity index is 701. The van der Waals surface area contributed by atoms with E-state index in [4.69, 9.17) is 16.3 Å². The summed E-state index contributed by atoms with van der Waals surface area (Å²) in [6.45, 7) is 2.50. The highest BCUT2D eigenvalue weighted by Crippen LogP contribution is 2.22. The van der Waals surface area contributed by atoms with Crippen LogP contribution in [0.3, 0.4) is 0 Å². The molecule has 1 fully saturated rings. The van der Waals surface area contributed by atoms with Gasteiger partial charge < -0.3 is 15.0 Å². The summed E-state index contributed by atoms with van der Waals surface area (Å²) in [5.74, 6) is -0.0447. The minimum Gasteiger partial charge on any atom is -0.380 e. The lowest BCUT2D eigenvalue weighted by Gasteiger charge is -2.18. The van der Waals surface area contributed by atoms with Crippen LogP contribution in [0.15, 0.2) is 48.5 Å². The second-order valence-corrected chi connectivity index (χ2v) is 6.71. The van der Waals surface area contributed by atoms with Gasteiger partial charge in [-0.1, -0.05) is 23.7 Å². The van der Waals surface area contributed by atoms with Crippen LogP contribution in [0.1, 0.15) is 22.3 Å². The molecule has 1 amide bonds. The number of ether oxygens (including phenoxy) is 1. The van der Waals surface area contributed by atoms with E-state index < -0.39 is 0 Å². The quantitative estimate of drug-likeness (QED) is 0.858. The minimum atomic E-state index is -0.0447. The molecule has 1 aliphatic rings. The predicted octanol–water partition coefficient (Wildman–Crippen LogP) is 3.54. The molecule has 2 aromatic carbocycles. The maximum absolute atomic E-state index is 12.3. The first-order valence-corrected chi connectivity index (χ1v) is 8.94. The van der Waals surface area contributed by atoms with Crippen molar-refractivity contribution in [2.45, 2.75) is 18.9 Å². The number of benzene rings is 2. The Morgan fingerprint density at radius 1 is 1.20 bits per heavy atom. The molecule has 5 heteroatoms. The summed E-state index contributed by atoms with van der Waals surface area (Å²) in [5.41, 5.74) is 2.97. The molecule has 1 atom stereocenters. The zero-order valence-corrected chi connectivity index (χ0v) is 15.1. The number of amides is 1. The van der Waals surface area contributed by atoms with Crippen LogP contribution in [0.2, 0.25) is 5.02 Å². The molecule has 1 aliphatic heterocycles. The number of nitrogens with one attached hydrogen (secondary N) is 1. The summed E-state index contributed by atoms with van der Waals surface area (Å²) in [4.78, 5) is 14.5. The van der Waals surface area contributed by atoms with E-state index in [0.29, 0.717) is 18.2 Å². The summed E-state index contributed by atoms with van der Waals surface area (Å²) in [6.07, 6.45) is 2.13. The molecule has 0 spiro atoms.